The molecule has 9 heteroatoms. The highest BCUT2D eigenvalue weighted by Crippen LogP contribution is 2.23. The van der Waals surface area contributed by atoms with Crippen LogP contribution in [0.25, 0.3) is 11.0 Å². The molecule has 0 fully saturated rings. The lowest BCUT2D eigenvalue weighted by molar-refractivity contribution is -0.142. The largest absolute Gasteiger partial charge is 0.457 e. The Morgan fingerprint density at radius 3 is 2.70 bits per heavy atom. The quantitative estimate of drug-likeness (QED) is 0.397. The Kier molecular flexibility index (Phi) is 7.17. The van der Waals surface area contributed by atoms with Gasteiger partial charge < -0.3 is 9.30 Å². The maximum absolute atomic E-state index is 12.3. The van der Waals surface area contributed by atoms with Crippen LogP contribution in [0.15, 0.2) is 52.3 Å². The number of primary sulfonamides is 1. The number of sulfonamides is 1. The molecule has 1 aromatic heterocycles. The van der Waals surface area contributed by atoms with E-state index in [1.165, 1.54) is 23.9 Å². The third-order valence-electron chi connectivity index (χ3n) is 4.66. The Hall–Kier alpha value is -2.36. The molecule has 0 radical (unpaired) electrons. The molecule has 0 aliphatic rings. The summed E-state index contributed by atoms with van der Waals surface area (Å²) in [5, 5.41) is 5.23. The Balaban J connectivity index is 1.75. The van der Waals surface area contributed by atoms with Gasteiger partial charge in [-0.2, -0.15) is 0 Å². The fraction of sp³-hybridized carbons (Fsp3) is 0.333. The normalized spacial score (nSPS) is 11.7. The van der Waals surface area contributed by atoms with Gasteiger partial charge in [0, 0.05) is 11.4 Å². The van der Waals surface area contributed by atoms with Crippen LogP contribution in [0.2, 0.25) is 0 Å². The Bertz CT molecular complexity index is 1160. The van der Waals surface area contributed by atoms with Gasteiger partial charge in [-0.05, 0) is 43.2 Å². The van der Waals surface area contributed by atoms with Gasteiger partial charge in [0.2, 0.25) is 10.0 Å². The van der Waals surface area contributed by atoms with E-state index in [0.29, 0.717) is 17.9 Å². The maximum Gasteiger partial charge on any atom is 0.316 e. The highest BCUT2D eigenvalue weighted by Gasteiger charge is 2.16. The molecule has 2 aromatic carbocycles. The molecular formula is C21H25N3O4S2. The molecule has 0 aliphatic carbocycles. The Labute approximate surface area is 180 Å². The third kappa shape index (κ3) is 5.41. The fourth-order valence-corrected chi connectivity index (χ4v) is 4.41. The average molecular weight is 448 g/mol. The van der Waals surface area contributed by atoms with Crippen LogP contribution in [-0.2, 0) is 32.7 Å². The predicted octanol–water partition coefficient (Wildman–Crippen LogP) is 3.63. The van der Waals surface area contributed by atoms with E-state index in [0.717, 1.165) is 28.8 Å². The number of thioether (sulfide) groups is 1. The summed E-state index contributed by atoms with van der Waals surface area (Å²) >= 11 is 1.44. The zero-order valence-electron chi connectivity index (χ0n) is 17.0. The molecule has 3 rings (SSSR count). The first-order valence-corrected chi connectivity index (χ1v) is 12.2. The number of carbonyl (C=O) groups excluding carboxylic acids is 1. The Morgan fingerprint density at radius 1 is 1.23 bits per heavy atom. The van der Waals surface area contributed by atoms with Crippen LogP contribution >= 0.6 is 11.8 Å². The number of carbonyl (C=O) groups is 1. The van der Waals surface area contributed by atoms with Crippen molar-refractivity contribution in [1.29, 1.82) is 0 Å². The first kappa shape index (κ1) is 22.3. The van der Waals surface area contributed by atoms with Crippen molar-refractivity contribution in [2.45, 2.75) is 49.6 Å². The molecule has 0 unspecified atom stereocenters. The summed E-state index contributed by atoms with van der Waals surface area (Å²) in [5.41, 5.74) is 2.41. The van der Waals surface area contributed by atoms with Crippen LogP contribution in [0.1, 0.15) is 31.2 Å². The van der Waals surface area contributed by atoms with Crippen LogP contribution in [0, 0.1) is 6.92 Å². The van der Waals surface area contributed by atoms with E-state index in [1.54, 1.807) is 6.07 Å². The van der Waals surface area contributed by atoms with Crippen LogP contribution < -0.4 is 5.14 Å². The predicted molar refractivity (Wildman–Crippen MR) is 118 cm³/mol. The molecule has 160 valence electrons. The molecule has 0 aliphatic heterocycles. The number of rotatable bonds is 9. The second-order valence-electron chi connectivity index (χ2n) is 6.94. The van der Waals surface area contributed by atoms with Crippen LogP contribution in [0.4, 0.5) is 0 Å². The first-order chi connectivity index (χ1) is 14.3. The number of hydrogen-bond acceptors (Lipinski definition) is 6. The van der Waals surface area contributed by atoms with Crippen molar-refractivity contribution in [1.82, 2.24) is 9.55 Å². The second kappa shape index (κ2) is 9.63. The Morgan fingerprint density at radius 2 is 2.00 bits per heavy atom. The lowest BCUT2D eigenvalue weighted by atomic mass is 10.2. The van der Waals surface area contributed by atoms with Crippen molar-refractivity contribution < 1.29 is 17.9 Å². The topological polar surface area (TPSA) is 104 Å². The minimum atomic E-state index is -3.82. The first-order valence-electron chi connectivity index (χ1n) is 9.65. The zero-order valence-corrected chi connectivity index (χ0v) is 18.6. The number of fused-ring (bicyclic) bond motifs is 1. The monoisotopic (exact) mass is 447 g/mol. The van der Waals surface area contributed by atoms with Gasteiger partial charge >= 0.3 is 5.97 Å². The molecule has 0 bridgehead atoms. The van der Waals surface area contributed by atoms with E-state index in [9.17, 15) is 13.2 Å². The number of hydrogen-bond donors (Lipinski definition) is 1. The number of imidazole rings is 1. The average Bonchev–Trinajstić information content (AvgIpc) is 3.06. The van der Waals surface area contributed by atoms with Crippen LogP contribution in [0.5, 0.6) is 0 Å². The number of benzene rings is 2. The summed E-state index contributed by atoms with van der Waals surface area (Å²) in [5.74, 6) is 0.456. The third-order valence-corrected chi connectivity index (χ3v) is 6.72. The maximum atomic E-state index is 12.3. The van der Waals surface area contributed by atoms with Crippen LogP contribution in [-0.4, -0.2) is 29.7 Å². The van der Waals surface area contributed by atoms with Gasteiger partial charge in [0.1, 0.15) is 12.4 Å². The van der Waals surface area contributed by atoms with E-state index in [-0.39, 0.29) is 23.2 Å². The standard InChI is InChI=1S/C21H25N3O4S2/c1-3-4-11-24-18-10-9-16(30(22,26)27)12-17(18)23-20(24)13-28-21(25)14-29-19-8-6-5-7-15(19)2/h5-10,12H,3-4,11,13-14H2,1-2H3,(H2,22,26,27). The number of ether oxygens (including phenoxy) is 1. The second-order valence-corrected chi connectivity index (χ2v) is 9.52. The minimum Gasteiger partial charge on any atom is -0.457 e. The van der Waals surface area contributed by atoms with Crippen molar-refractivity contribution in [3.05, 3.63) is 53.9 Å². The SMILES string of the molecule is CCCCn1c(COC(=O)CSc2ccccc2C)nc2cc(S(N)(=O)=O)ccc21. The highest BCUT2D eigenvalue weighted by atomic mass is 32.2. The van der Waals surface area contributed by atoms with E-state index in [1.807, 2.05) is 35.8 Å². The molecule has 0 amide bonds. The lowest BCUT2D eigenvalue weighted by Crippen LogP contribution is -2.12. The summed E-state index contributed by atoms with van der Waals surface area (Å²) < 4.78 is 30.7. The van der Waals surface area contributed by atoms with Crippen molar-refractivity contribution in [3.8, 4) is 0 Å². The van der Waals surface area contributed by atoms with E-state index in [2.05, 4.69) is 11.9 Å². The smallest absolute Gasteiger partial charge is 0.316 e. The molecule has 30 heavy (non-hydrogen) atoms. The van der Waals surface area contributed by atoms with E-state index >= 15 is 0 Å². The molecule has 0 saturated carbocycles. The number of esters is 1. The van der Waals surface area contributed by atoms with Crippen LogP contribution in [0.3, 0.4) is 0 Å². The molecule has 0 atom stereocenters. The zero-order chi connectivity index (χ0) is 21.7. The van der Waals surface area contributed by atoms with E-state index in [4.69, 9.17) is 9.88 Å². The summed E-state index contributed by atoms with van der Waals surface area (Å²) in [6.07, 6.45) is 1.91. The minimum absolute atomic E-state index is 0.00770. The van der Waals surface area contributed by atoms with Gasteiger partial charge in [-0.1, -0.05) is 31.5 Å². The van der Waals surface area contributed by atoms with Gasteiger partial charge in [0.25, 0.3) is 0 Å². The molecule has 1 heterocycles. The molecule has 7 nitrogen and oxygen atoms in total. The van der Waals surface area contributed by atoms with Gasteiger partial charge in [-0.3, -0.25) is 4.79 Å². The molecule has 2 N–H and O–H groups in total. The fourth-order valence-electron chi connectivity index (χ4n) is 3.05. The van der Waals surface area contributed by atoms with Crippen molar-refractivity contribution in [2.75, 3.05) is 5.75 Å². The summed E-state index contributed by atoms with van der Waals surface area (Å²) in [6.45, 7) is 4.81. The van der Waals surface area contributed by atoms with E-state index < -0.39 is 10.0 Å². The summed E-state index contributed by atoms with van der Waals surface area (Å²) in [4.78, 5) is 17.8. The number of nitrogens with two attached hydrogens (primary N) is 1. The summed E-state index contributed by atoms with van der Waals surface area (Å²) in [7, 11) is -3.82. The number of nitrogens with zero attached hydrogens (tertiary/aromatic N) is 2. The van der Waals surface area contributed by atoms with Crippen molar-refractivity contribution >= 4 is 38.8 Å². The number of aromatic nitrogens is 2. The molecule has 0 saturated heterocycles. The van der Waals surface area contributed by atoms with Crippen molar-refractivity contribution in [2.24, 2.45) is 5.14 Å². The summed E-state index contributed by atoms with van der Waals surface area (Å²) in [6, 6.07) is 12.5. The van der Waals surface area contributed by atoms with Gasteiger partial charge in [-0.15, -0.1) is 11.8 Å². The van der Waals surface area contributed by atoms with Gasteiger partial charge in [0.15, 0.2) is 0 Å². The van der Waals surface area contributed by atoms with Crippen molar-refractivity contribution in [3.63, 3.8) is 0 Å². The highest BCUT2D eigenvalue weighted by molar-refractivity contribution is 8.00. The molecular weight excluding hydrogens is 422 g/mol. The number of aryl methyl sites for hydroxylation is 2. The molecule has 0 spiro atoms. The lowest BCUT2D eigenvalue weighted by Gasteiger charge is -2.10. The molecule has 3 aromatic rings. The van der Waals surface area contributed by atoms with Gasteiger partial charge in [0.05, 0.1) is 21.7 Å². The van der Waals surface area contributed by atoms with Gasteiger partial charge in [-0.25, -0.2) is 18.5 Å². The number of unbranched alkanes of at least 4 members (excludes halogenated alkanes) is 1.